The van der Waals surface area contributed by atoms with Crippen LogP contribution in [0.15, 0.2) is 35.7 Å². The Labute approximate surface area is 123 Å². The summed E-state index contributed by atoms with van der Waals surface area (Å²) in [6, 6.07) is 12.6. The second kappa shape index (κ2) is 5.98. The van der Waals surface area contributed by atoms with E-state index in [1.807, 2.05) is 11.4 Å². The first kappa shape index (κ1) is 13.0. The smallest absolute Gasteiger partial charge is 0.100 e. The van der Waals surface area contributed by atoms with E-state index in [1.165, 1.54) is 29.1 Å². The molecule has 0 aliphatic carbocycles. The number of hydrogen-bond acceptors (Lipinski definition) is 4. The second-order valence-electron chi connectivity index (χ2n) is 4.98. The van der Waals surface area contributed by atoms with E-state index in [0.29, 0.717) is 0 Å². The van der Waals surface area contributed by atoms with Crippen molar-refractivity contribution in [3.63, 3.8) is 0 Å². The number of benzene rings is 1. The van der Waals surface area contributed by atoms with Crippen LogP contribution >= 0.6 is 11.3 Å². The molecule has 1 saturated heterocycles. The summed E-state index contributed by atoms with van der Waals surface area (Å²) in [7, 11) is 0. The zero-order chi connectivity index (χ0) is 13.8. The molecule has 0 amide bonds. The first-order valence-corrected chi connectivity index (χ1v) is 7.80. The normalized spacial score (nSPS) is 14.2. The summed E-state index contributed by atoms with van der Waals surface area (Å²) < 4.78 is 0. The van der Waals surface area contributed by atoms with E-state index in [0.717, 1.165) is 25.2 Å². The maximum absolute atomic E-state index is 8.85. The van der Waals surface area contributed by atoms with Gasteiger partial charge in [0, 0.05) is 29.9 Å². The molecular weight excluding hydrogens is 266 g/mol. The third kappa shape index (κ3) is 2.78. The lowest BCUT2D eigenvalue weighted by Crippen LogP contribution is -2.19. The average Bonchev–Trinajstić information content (AvgIpc) is 3.17. The van der Waals surface area contributed by atoms with Gasteiger partial charge in [-0.25, -0.2) is 0 Å². The zero-order valence-corrected chi connectivity index (χ0v) is 12.1. The maximum Gasteiger partial charge on any atom is 0.100 e. The number of nitrogens with zero attached hydrogens (tertiary/aromatic N) is 2. The number of thiophene rings is 1. The first-order valence-electron chi connectivity index (χ1n) is 6.92. The molecule has 1 aliphatic heterocycles. The van der Waals surface area contributed by atoms with Crippen LogP contribution in [0, 0.1) is 11.3 Å². The molecule has 2 aromatic rings. The molecule has 0 spiro atoms. The lowest BCUT2D eigenvalue weighted by molar-refractivity contribution is 0.949. The zero-order valence-electron chi connectivity index (χ0n) is 11.3. The maximum atomic E-state index is 8.85. The number of hydrogen-bond donors (Lipinski definition) is 1. The molecule has 1 aliphatic rings. The molecule has 0 atom stereocenters. The van der Waals surface area contributed by atoms with Crippen molar-refractivity contribution in [1.29, 1.82) is 5.26 Å². The van der Waals surface area contributed by atoms with Crippen LogP contribution in [0.1, 0.15) is 23.3 Å². The third-order valence-corrected chi connectivity index (χ3v) is 4.52. The highest BCUT2D eigenvalue weighted by Crippen LogP contribution is 2.29. The molecular formula is C16H17N3S. The fourth-order valence-electron chi connectivity index (χ4n) is 2.57. The lowest BCUT2D eigenvalue weighted by atomic mass is 10.2. The molecule has 102 valence electrons. The minimum Gasteiger partial charge on any atom is -0.378 e. The molecule has 4 heteroatoms. The Bertz CT molecular complexity index is 621. The van der Waals surface area contributed by atoms with Gasteiger partial charge in [0.25, 0.3) is 0 Å². The second-order valence-corrected chi connectivity index (χ2v) is 5.97. The van der Waals surface area contributed by atoms with E-state index in [-0.39, 0.29) is 0 Å². The molecule has 0 unspecified atom stereocenters. The van der Waals surface area contributed by atoms with Gasteiger partial charge in [0.15, 0.2) is 0 Å². The molecule has 20 heavy (non-hydrogen) atoms. The Balaban J connectivity index is 1.72. The van der Waals surface area contributed by atoms with Gasteiger partial charge in [-0.2, -0.15) is 5.26 Å². The molecule has 1 aromatic carbocycles. The van der Waals surface area contributed by atoms with Crippen LogP contribution < -0.4 is 10.2 Å². The molecule has 3 rings (SSSR count). The van der Waals surface area contributed by atoms with E-state index in [1.54, 1.807) is 11.3 Å². The van der Waals surface area contributed by atoms with E-state index < -0.39 is 0 Å². The summed E-state index contributed by atoms with van der Waals surface area (Å²) >= 11 is 1.63. The summed E-state index contributed by atoms with van der Waals surface area (Å²) in [5.74, 6) is 0. The van der Waals surface area contributed by atoms with Crippen LogP contribution in [0.4, 0.5) is 11.4 Å². The third-order valence-electron chi connectivity index (χ3n) is 3.59. The van der Waals surface area contributed by atoms with Crippen molar-refractivity contribution >= 4 is 22.7 Å². The number of para-hydroxylation sites is 2. The van der Waals surface area contributed by atoms with E-state index >= 15 is 0 Å². The highest BCUT2D eigenvalue weighted by molar-refractivity contribution is 7.10. The highest BCUT2D eigenvalue weighted by Gasteiger charge is 2.15. The van der Waals surface area contributed by atoms with Crippen molar-refractivity contribution in [2.24, 2.45) is 0 Å². The molecule has 2 heterocycles. The number of nitrogens with one attached hydrogen (secondary N) is 1. The van der Waals surface area contributed by atoms with E-state index in [9.17, 15) is 0 Å². The van der Waals surface area contributed by atoms with Crippen LogP contribution in [0.2, 0.25) is 0 Å². The van der Waals surface area contributed by atoms with E-state index in [2.05, 4.69) is 40.6 Å². The van der Waals surface area contributed by atoms with Crippen molar-refractivity contribution < 1.29 is 0 Å². The molecule has 1 fully saturated rings. The van der Waals surface area contributed by atoms with Gasteiger partial charge >= 0.3 is 0 Å². The van der Waals surface area contributed by atoms with Crippen LogP contribution in [-0.4, -0.2) is 13.1 Å². The van der Waals surface area contributed by atoms with Crippen LogP contribution in [0.3, 0.4) is 0 Å². The number of rotatable bonds is 4. The van der Waals surface area contributed by atoms with E-state index in [4.69, 9.17) is 5.26 Å². The van der Waals surface area contributed by atoms with Gasteiger partial charge in [-0.3, -0.25) is 0 Å². The van der Waals surface area contributed by atoms with Gasteiger partial charge in [-0.15, -0.1) is 11.3 Å². The minimum absolute atomic E-state index is 0.750. The molecule has 3 nitrogen and oxygen atoms in total. The van der Waals surface area contributed by atoms with Gasteiger partial charge in [0.2, 0.25) is 0 Å². The van der Waals surface area contributed by atoms with Gasteiger partial charge in [0.1, 0.15) is 6.07 Å². The summed E-state index contributed by atoms with van der Waals surface area (Å²) in [5, 5.41) is 14.3. The topological polar surface area (TPSA) is 39.1 Å². The van der Waals surface area contributed by atoms with Gasteiger partial charge in [-0.1, -0.05) is 12.1 Å². The Morgan fingerprint density at radius 3 is 2.80 bits per heavy atom. The first-order chi connectivity index (χ1) is 9.86. The van der Waals surface area contributed by atoms with Crippen molar-refractivity contribution in [1.82, 2.24) is 0 Å². The van der Waals surface area contributed by atoms with Crippen molar-refractivity contribution in [3.8, 4) is 6.07 Å². The van der Waals surface area contributed by atoms with Crippen LogP contribution in [-0.2, 0) is 6.54 Å². The number of anilines is 2. The highest BCUT2D eigenvalue weighted by atomic mass is 32.1. The van der Waals surface area contributed by atoms with Gasteiger partial charge < -0.3 is 10.2 Å². The number of nitriles is 1. The summed E-state index contributed by atoms with van der Waals surface area (Å²) in [4.78, 5) is 3.63. The summed E-state index contributed by atoms with van der Waals surface area (Å²) in [5.41, 5.74) is 3.22. The largest absolute Gasteiger partial charge is 0.378 e. The molecule has 1 N–H and O–H groups in total. The molecule has 1 aromatic heterocycles. The van der Waals surface area contributed by atoms with Crippen LogP contribution in [0.25, 0.3) is 0 Å². The average molecular weight is 283 g/mol. The minimum atomic E-state index is 0.750. The van der Waals surface area contributed by atoms with Gasteiger partial charge in [-0.05, 0) is 31.0 Å². The van der Waals surface area contributed by atoms with Crippen molar-refractivity contribution in [2.45, 2.75) is 19.4 Å². The molecule has 0 saturated carbocycles. The van der Waals surface area contributed by atoms with Gasteiger partial charge in [0.05, 0.1) is 16.9 Å². The summed E-state index contributed by atoms with van der Waals surface area (Å²) in [6.07, 6.45) is 2.57. The molecule has 0 radical (unpaired) electrons. The fourth-order valence-corrected chi connectivity index (χ4v) is 3.32. The molecule has 0 bridgehead atoms. The standard InChI is InChI=1S/C16H17N3S/c17-10-13-9-14(20-12-13)11-18-15-5-1-2-6-16(15)19-7-3-4-8-19/h1-2,5-6,9,12,18H,3-4,7-8,11H2. The SMILES string of the molecule is N#Cc1csc(CNc2ccccc2N2CCCC2)c1. The Hall–Kier alpha value is -1.99. The van der Waals surface area contributed by atoms with Crippen molar-refractivity contribution in [3.05, 3.63) is 46.2 Å². The Kier molecular flexibility index (Phi) is 3.89. The van der Waals surface area contributed by atoms with Crippen molar-refractivity contribution in [2.75, 3.05) is 23.3 Å². The quantitative estimate of drug-likeness (QED) is 0.926. The Morgan fingerprint density at radius 2 is 2.05 bits per heavy atom. The lowest BCUT2D eigenvalue weighted by Gasteiger charge is -2.21. The fraction of sp³-hybridized carbons (Fsp3) is 0.312. The van der Waals surface area contributed by atoms with Crippen LogP contribution in [0.5, 0.6) is 0 Å². The predicted molar refractivity (Wildman–Crippen MR) is 84.2 cm³/mol. The Morgan fingerprint density at radius 1 is 1.25 bits per heavy atom. The predicted octanol–water partition coefficient (Wildman–Crippen LogP) is 3.83. The summed E-state index contributed by atoms with van der Waals surface area (Å²) in [6.45, 7) is 3.07. The monoisotopic (exact) mass is 283 g/mol.